The highest BCUT2D eigenvalue weighted by Gasteiger charge is 2.04. The van der Waals surface area contributed by atoms with Gasteiger partial charge in [0.05, 0.1) is 19.6 Å². The third-order valence-corrected chi connectivity index (χ3v) is 2.64. The van der Waals surface area contributed by atoms with Gasteiger partial charge >= 0.3 is 0 Å². The van der Waals surface area contributed by atoms with Crippen LogP contribution < -0.4 is 10.1 Å². The van der Waals surface area contributed by atoms with E-state index in [1.807, 2.05) is 36.2 Å². The molecule has 0 radical (unpaired) electrons. The van der Waals surface area contributed by atoms with Gasteiger partial charge in [0.1, 0.15) is 5.75 Å². The molecule has 0 spiro atoms. The first-order valence-electron chi connectivity index (χ1n) is 5.20. The maximum atomic E-state index is 8.50. The molecular formula is C12H15N3OS. The molecule has 0 aliphatic rings. The summed E-state index contributed by atoms with van der Waals surface area (Å²) >= 11 is 5.22. The van der Waals surface area contributed by atoms with E-state index in [1.165, 1.54) is 0 Å². The van der Waals surface area contributed by atoms with E-state index in [2.05, 4.69) is 11.4 Å². The van der Waals surface area contributed by atoms with Crippen molar-refractivity contribution in [1.29, 1.82) is 5.26 Å². The topological polar surface area (TPSA) is 48.3 Å². The molecule has 17 heavy (non-hydrogen) atoms. The highest BCUT2D eigenvalue weighted by atomic mass is 32.1. The second-order valence-electron chi connectivity index (χ2n) is 3.49. The van der Waals surface area contributed by atoms with Crippen molar-refractivity contribution in [2.24, 2.45) is 0 Å². The molecule has 4 nitrogen and oxygen atoms in total. The monoisotopic (exact) mass is 249 g/mol. The molecule has 1 rings (SSSR count). The Bertz CT molecular complexity index is 428. The molecule has 1 N–H and O–H groups in total. The van der Waals surface area contributed by atoms with E-state index >= 15 is 0 Å². The van der Waals surface area contributed by atoms with Crippen molar-refractivity contribution in [3.05, 3.63) is 24.3 Å². The van der Waals surface area contributed by atoms with Crippen molar-refractivity contribution in [3.63, 3.8) is 0 Å². The second kappa shape index (κ2) is 6.71. The molecule has 0 fully saturated rings. The molecule has 90 valence electrons. The van der Waals surface area contributed by atoms with Crippen LogP contribution in [0.4, 0.5) is 5.69 Å². The molecule has 5 heteroatoms. The van der Waals surface area contributed by atoms with Gasteiger partial charge in [-0.2, -0.15) is 5.26 Å². The number of hydrogen-bond donors (Lipinski definition) is 1. The van der Waals surface area contributed by atoms with Gasteiger partial charge in [0.15, 0.2) is 5.11 Å². The molecule has 1 aromatic carbocycles. The molecule has 0 amide bonds. The fourth-order valence-electron chi connectivity index (χ4n) is 1.24. The highest BCUT2D eigenvalue weighted by Crippen LogP contribution is 2.16. The highest BCUT2D eigenvalue weighted by molar-refractivity contribution is 7.80. The summed E-state index contributed by atoms with van der Waals surface area (Å²) in [5.41, 5.74) is 0.873. The number of benzene rings is 1. The second-order valence-corrected chi connectivity index (χ2v) is 3.88. The minimum atomic E-state index is 0.455. The number of nitrogens with one attached hydrogen (secondary N) is 1. The van der Waals surface area contributed by atoms with Crippen LogP contribution in [0.15, 0.2) is 24.3 Å². The van der Waals surface area contributed by atoms with E-state index in [-0.39, 0.29) is 0 Å². The molecule has 0 bridgehead atoms. The lowest BCUT2D eigenvalue weighted by Gasteiger charge is -2.19. The molecule has 1 aromatic rings. The summed E-state index contributed by atoms with van der Waals surface area (Å²) in [6, 6.07) is 9.62. The smallest absolute Gasteiger partial charge is 0.173 e. The van der Waals surface area contributed by atoms with Gasteiger partial charge in [-0.25, -0.2) is 0 Å². The van der Waals surface area contributed by atoms with Gasteiger partial charge < -0.3 is 15.0 Å². The number of anilines is 1. The number of nitrogens with zero attached hydrogens (tertiary/aromatic N) is 2. The Morgan fingerprint density at radius 2 is 2.35 bits per heavy atom. The summed E-state index contributed by atoms with van der Waals surface area (Å²) in [6.45, 7) is 0.617. The van der Waals surface area contributed by atoms with Gasteiger partial charge in [-0.05, 0) is 24.4 Å². The van der Waals surface area contributed by atoms with Gasteiger partial charge in [-0.1, -0.05) is 6.07 Å². The first-order chi connectivity index (χ1) is 8.17. The van der Waals surface area contributed by atoms with E-state index < -0.39 is 0 Å². The average Bonchev–Trinajstić information content (AvgIpc) is 2.36. The number of nitriles is 1. The lowest BCUT2D eigenvalue weighted by molar-refractivity contribution is 0.415. The minimum Gasteiger partial charge on any atom is -0.497 e. The predicted octanol–water partition coefficient (Wildman–Crippen LogP) is 2.24. The van der Waals surface area contributed by atoms with Gasteiger partial charge in [-0.3, -0.25) is 0 Å². The SMILES string of the molecule is COc1cccc(NC(=S)N(C)CCC#N)c1. The van der Waals surface area contributed by atoms with E-state index in [1.54, 1.807) is 7.11 Å². The number of thiocarbonyl (C=S) groups is 1. The van der Waals surface area contributed by atoms with Crippen LogP contribution in [0.25, 0.3) is 0 Å². The molecule has 0 unspecified atom stereocenters. The van der Waals surface area contributed by atoms with E-state index in [0.29, 0.717) is 18.1 Å². The maximum Gasteiger partial charge on any atom is 0.173 e. The van der Waals surface area contributed by atoms with Crippen molar-refractivity contribution in [3.8, 4) is 11.8 Å². The average molecular weight is 249 g/mol. The largest absolute Gasteiger partial charge is 0.497 e. The zero-order chi connectivity index (χ0) is 12.7. The Hall–Kier alpha value is -1.80. The first-order valence-corrected chi connectivity index (χ1v) is 5.61. The number of ether oxygens (including phenoxy) is 1. The summed E-state index contributed by atoms with van der Waals surface area (Å²) in [6.07, 6.45) is 0.455. The molecule has 0 saturated heterocycles. The van der Waals surface area contributed by atoms with Crippen molar-refractivity contribution in [1.82, 2.24) is 4.90 Å². The predicted molar refractivity (Wildman–Crippen MR) is 72.1 cm³/mol. The van der Waals surface area contributed by atoms with Gasteiger partial charge in [0, 0.05) is 25.3 Å². The summed E-state index contributed by atoms with van der Waals surface area (Å²) < 4.78 is 5.12. The molecular weight excluding hydrogens is 234 g/mol. The third-order valence-electron chi connectivity index (χ3n) is 2.23. The fourth-order valence-corrected chi connectivity index (χ4v) is 1.45. The van der Waals surface area contributed by atoms with Gasteiger partial charge in [-0.15, -0.1) is 0 Å². The van der Waals surface area contributed by atoms with E-state index in [4.69, 9.17) is 22.2 Å². The summed E-state index contributed by atoms with van der Waals surface area (Å²) in [7, 11) is 3.48. The van der Waals surface area contributed by atoms with Crippen LogP contribution in [0.1, 0.15) is 6.42 Å². The van der Waals surface area contributed by atoms with Crippen LogP contribution in [0.3, 0.4) is 0 Å². The van der Waals surface area contributed by atoms with Crippen LogP contribution in [0.2, 0.25) is 0 Å². The zero-order valence-corrected chi connectivity index (χ0v) is 10.8. The van der Waals surface area contributed by atoms with Crippen molar-refractivity contribution in [2.75, 3.05) is 26.0 Å². The summed E-state index contributed by atoms with van der Waals surface area (Å²) in [4.78, 5) is 1.83. The van der Waals surface area contributed by atoms with E-state index in [0.717, 1.165) is 11.4 Å². The Morgan fingerprint density at radius 1 is 1.59 bits per heavy atom. The number of hydrogen-bond acceptors (Lipinski definition) is 3. The zero-order valence-electron chi connectivity index (χ0n) is 9.93. The van der Waals surface area contributed by atoms with Crippen LogP contribution in [-0.2, 0) is 0 Å². The first kappa shape index (κ1) is 13.3. The number of methoxy groups -OCH3 is 1. The summed E-state index contributed by atoms with van der Waals surface area (Å²) in [5.74, 6) is 0.775. The molecule has 0 aliphatic heterocycles. The van der Waals surface area contributed by atoms with Crippen LogP contribution in [0.5, 0.6) is 5.75 Å². The van der Waals surface area contributed by atoms with Crippen molar-refractivity contribution < 1.29 is 4.74 Å². The molecule has 0 aromatic heterocycles. The fraction of sp³-hybridized carbons (Fsp3) is 0.333. The quantitative estimate of drug-likeness (QED) is 0.829. The lowest BCUT2D eigenvalue weighted by atomic mass is 10.3. The Labute approximate surface area is 107 Å². The Morgan fingerprint density at radius 3 is 3.00 bits per heavy atom. The van der Waals surface area contributed by atoms with Crippen molar-refractivity contribution in [2.45, 2.75) is 6.42 Å². The third kappa shape index (κ3) is 4.29. The van der Waals surface area contributed by atoms with Crippen LogP contribution in [-0.4, -0.2) is 30.7 Å². The molecule has 0 heterocycles. The molecule has 0 aliphatic carbocycles. The molecule has 0 atom stereocenters. The van der Waals surface area contributed by atoms with Gasteiger partial charge in [0.2, 0.25) is 0 Å². The lowest BCUT2D eigenvalue weighted by Crippen LogP contribution is -2.31. The maximum absolute atomic E-state index is 8.50. The minimum absolute atomic E-state index is 0.455. The molecule has 0 saturated carbocycles. The standard InChI is InChI=1S/C12H15N3OS/c1-15(8-4-7-13)12(17)14-10-5-3-6-11(9-10)16-2/h3,5-6,9H,4,8H2,1-2H3,(H,14,17). The van der Waals surface area contributed by atoms with Crippen LogP contribution in [0, 0.1) is 11.3 Å². The van der Waals surface area contributed by atoms with Gasteiger partial charge in [0.25, 0.3) is 0 Å². The normalized spacial score (nSPS) is 9.24. The van der Waals surface area contributed by atoms with Crippen LogP contribution >= 0.6 is 12.2 Å². The number of rotatable bonds is 4. The van der Waals surface area contributed by atoms with E-state index in [9.17, 15) is 0 Å². The Kier molecular flexibility index (Phi) is 5.24. The summed E-state index contributed by atoms with van der Waals surface area (Å²) in [5, 5.41) is 12.2. The Balaban J connectivity index is 2.58. The van der Waals surface area contributed by atoms with Crippen molar-refractivity contribution >= 4 is 23.0 Å².